The normalized spacial score (nSPS) is 10.9. The molecular weight excluding hydrogens is 360 g/mol. The van der Waals surface area contributed by atoms with Crippen LogP contribution in [0.4, 0.5) is 0 Å². The second kappa shape index (κ2) is 7.17. The number of hydrogen-bond acceptors (Lipinski definition) is 2. The number of aromatic nitrogens is 1. The number of carbonyl (C=O) groups excluding carboxylic acids is 1. The Labute approximate surface area is 161 Å². The maximum absolute atomic E-state index is 11.9. The van der Waals surface area contributed by atoms with Crippen molar-refractivity contribution in [2.45, 2.75) is 6.54 Å². The van der Waals surface area contributed by atoms with Gasteiger partial charge < -0.3 is 4.57 Å². The first-order chi connectivity index (χ1) is 13.2. The van der Waals surface area contributed by atoms with Gasteiger partial charge in [0.15, 0.2) is 0 Å². The molecule has 27 heavy (non-hydrogen) atoms. The molecule has 3 aromatic carbocycles. The highest BCUT2D eigenvalue weighted by Crippen LogP contribution is 2.27. The van der Waals surface area contributed by atoms with Gasteiger partial charge in [-0.25, -0.2) is 0 Å². The molecule has 5 heteroatoms. The first kappa shape index (κ1) is 17.2. The minimum atomic E-state index is -0.818. The largest absolute Gasteiger partial charge is 0.342 e. The number of nitroso groups, excluding NO2 is 1. The Hall–Kier alpha value is -3.24. The zero-order valence-corrected chi connectivity index (χ0v) is 15.1. The molecule has 0 saturated carbocycles. The highest BCUT2D eigenvalue weighted by atomic mass is 35.5. The van der Waals surface area contributed by atoms with E-state index in [9.17, 15) is 9.70 Å². The molecule has 0 unspecified atom stereocenters. The Morgan fingerprint density at radius 3 is 2.33 bits per heavy atom. The van der Waals surface area contributed by atoms with Gasteiger partial charge in [0.2, 0.25) is 0 Å². The van der Waals surface area contributed by atoms with E-state index in [1.54, 1.807) is 6.07 Å². The smallest absolute Gasteiger partial charge is 0.318 e. The van der Waals surface area contributed by atoms with Crippen molar-refractivity contribution in [1.82, 2.24) is 4.57 Å². The fraction of sp³-hybridized carbons (Fsp3) is 0.0455. The Morgan fingerprint density at radius 1 is 0.926 bits per heavy atom. The molecule has 0 spiro atoms. The van der Waals surface area contributed by atoms with E-state index in [0.29, 0.717) is 17.1 Å². The molecule has 0 N–H and O–H groups in total. The monoisotopic (exact) mass is 374 g/mol. The lowest BCUT2D eigenvalue weighted by atomic mass is 10.0. The number of carbonyl (C=O) groups is 1. The average Bonchev–Trinajstić information content (AvgIpc) is 3.10. The van der Waals surface area contributed by atoms with Crippen LogP contribution in [0.2, 0.25) is 5.02 Å². The molecule has 0 fully saturated rings. The highest BCUT2D eigenvalue weighted by molar-refractivity contribution is 6.32. The van der Waals surface area contributed by atoms with E-state index >= 15 is 0 Å². The van der Waals surface area contributed by atoms with Crippen molar-refractivity contribution in [3.05, 3.63) is 100 Å². The van der Waals surface area contributed by atoms with Crippen LogP contribution in [-0.2, 0) is 6.54 Å². The lowest BCUT2D eigenvalue weighted by Crippen LogP contribution is -2.03. The van der Waals surface area contributed by atoms with E-state index in [-0.39, 0.29) is 5.56 Å². The van der Waals surface area contributed by atoms with Gasteiger partial charge in [-0.05, 0) is 34.9 Å². The van der Waals surface area contributed by atoms with Crippen LogP contribution in [0.15, 0.2) is 84.2 Å². The van der Waals surface area contributed by atoms with E-state index in [0.717, 1.165) is 22.1 Å². The standard InChI is InChI=1S/C22H15ClN2O2/c23-19-12-18-10-11-25(21(18)20(13-19)22(26)24-27)14-15-6-8-17(9-7-15)16-4-2-1-3-5-16/h1-13H,14H2. The molecule has 132 valence electrons. The summed E-state index contributed by atoms with van der Waals surface area (Å²) in [4.78, 5) is 22.7. The van der Waals surface area contributed by atoms with E-state index in [4.69, 9.17) is 11.6 Å². The number of fused-ring (bicyclic) bond motifs is 1. The highest BCUT2D eigenvalue weighted by Gasteiger charge is 2.16. The molecule has 0 aliphatic carbocycles. The van der Waals surface area contributed by atoms with Crippen molar-refractivity contribution in [2.24, 2.45) is 5.18 Å². The van der Waals surface area contributed by atoms with Crippen molar-refractivity contribution < 1.29 is 4.79 Å². The lowest BCUT2D eigenvalue weighted by molar-refractivity contribution is 0.100. The summed E-state index contributed by atoms with van der Waals surface area (Å²) in [6, 6.07) is 23.6. The van der Waals surface area contributed by atoms with Crippen molar-refractivity contribution in [1.29, 1.82) is 0 Å². The van der Waals surface area contributed by atoms with Gasteiger partial charge in [-0.2, -0.15) is 0 Å². The Bertz CT molecular complexity index is 1130. The Balaban J connectivity index is 1.70. The molecule has 4 nitrogen and oxygen atoms in total. The van der Waals surface area contributed by atoms with Crippen molar-refractivity contribution >= 4 is 28.4 Å². The molecular formula is C22H15ClN2O2. The summed E-state index contributed by atoms with van der Waals surface area (Å²) >= 11 is 6.06. The van der Waals surface area contributed by atoms with Crippen molar-refractivity contribution in [2.75, 3.05) is 0 Å². The summed E-state index contributed by atoms with van der Waals surface area (Å²) in [6.07, 6.45) is 1.88. The van der Waals surface area contributed by atoms with E-state index in [1.807, 2.05) is 35.0 Å². The summed E-state index contributed by atoms with van der Waals surface area (Å²) in [6.45, 7) is 0.569. The minimum absolute atomic E-state index is 0.221. The fourth-order valence-corrected chi connectivity index (χ4v) is 3.51. The number of amides is 1. The van der Waals surface area contributed by atoms with Gasteiger partial charge in [0.1, 0.15) is 0 Å². The van der Waals surface area contributed by atoms with Gasteiger partial charge in [0.25, 0.3) is 0 Å². The van der Waals surface area contributed by atoms with Crippen LogP contribution in [0, 0.1) is 4.91 Å². The van der Waals surface area contributed by atoms with Crippen molar-refractivity contribution in [3.63, 3.8) is 0 Å². The van der Waals surface area contributed by atoms with Crippen LogP contribution in [0.3, 0.4) is 0 Å². The molecule has 0 aliphatic rings. The SMILES string of the molecule is O=NC(=O)c1cc(Cl)cc2ccn(Cc3ccc(-c4ccccc4)cc3)c12. The zero-order valence-electron chi connectivity index (χ0n) is 14.3. The van der Waals surface area contributed by atoms with Gasteiger partial charge in [-0.1, -0.05) is 66.2 Å². The van der Waals surface area contributed by atoms with Crippen LogP contribution < -0.4 is 0 Å². The fourth-order valence-electron chi connectivity index (χ4n) is 3.29. The maximum atomic E-state index is 11.9. The van der Waals surface area contributed by atoms with Crippen LogP contribution in [-0.4, -0.2) is 10.5 Å². The van der Waals surface area contributed by atoms with Gasteiger partial charge >= 0.3 is 5.91 Å². The van der Waals surface area contributed by atoms with Crippen LogP contribution in [0.25, 0.3) is 22.0 Å². The van der Waals surface area contributed by atoms with E-state index in [2.05, 4.69) is 41.6 Å². The van der Waals surface area contributed by atoms with Gasteiger partial charge in [-0.15, -0.1) is 4.91 Å². The zero-order chi connectivity index (χ0) is 18.8. The number of hydrogen-bond donors (Lipinski definition) is 0. The Kier molecular flexibility index (Phi) is 4.57. The van der Waals surface area contributed by atoms with E-state index in [1.165, 1.54) is 6.07 Å². The van der Waals surface area contributed by atoms with Gasteiger partial charge in [0.05, 0.1) is 11.1 Å². The third-order valence-electron chi connectivity index (χ3n) is 4.55. The number of halogens is 1. The molecule has 0 radical (unpaired) electrons. The third kappa shape index (κ3) is 3.39. The molecule has 4 aromatic rings. The minimum Gasteiger partial charge on any atom is -0.342 e. The first-order valence-corrected chi connectivity index (χ1v) is 8.84. The summed E-state index contributed by atoms with van der Waals surface area (Å²) in [5.74, 6) is -0.818. The number of nitrogens with zero attached hydrogens (tertiary/aromatic N) is 2. The Morgan fingerprint density at radius 2 is 1.63 bits per heavy atom. The van der Waals surface area contributed by atoms with Gasteiger partial charge in [-0.3, -0.25) is 4.79 Å². The van der Waals surface area contributed by atoms with Crippen LogP contribution in [0.5, 0.6) is 0 Å². The predicted molar refractivity (Wildman–Crippen MR) is 108 cm³/mol. The molecule has 0 bridgehead atoms. The first-order valence-electron chi connectivity index (χ1n) is 8.46. The molecule has 1 aromatic heterocycles. The molecule has 4 rings (SSSR count). The second-order valence-electron chi connectivity index (χ2n) is 6.29. The topological polar surface area (TPSA) is 51.4 Å². The molecule has 0 atom stereocenters. The van der Waals surface area contributed by atoms with Crippen LogP contribution in [0.1, 0.15) is 15.9 Å². The number of rotatable bonds is 4. The van der Waals surface area contributed by atoms with E-state index < -0.39 is 5.91 Å². The maximum Gasteiger partial charge on any atom is 0.318 e. The van der Waals surface area contributed by atoms with Gasteiger partial charge in [0, 0.05) is 28.3 Å². The molecule has 0 aliphatic heterocycles. The molecule has 1 heterocycles. The van der Waals surface area contributed by atoms with Crippen molar-refractivity contribution in [3.8, 4) is 11.1 Å². The molecule has 0 saturated heterocycles. The third-order valence-corrected chi connectivity index (χ3v) is 4.77. The molecule has 1 amide bonds. The second-order valence-corrected chi connectivity index (χ2v) is 6.73. The summed E-state index contributed by atoms with van der Waals surface area (Å²) < 4.78 is 1.93. The van der Waals surface area contributed by atoms with Crippen LogP contribution >= 0.6 is 11.6 Å². The predicted octanol–water partition coefficient (Wildman–Crippen LogP) is 5.92. The lowest BCUT2D eigenvalue weighted by Gasteiger charge is -2.09. The average molecular weight is 375 g/mol. The quantitative estimate of drug-likeness (QED) is 0.416. The summed E-state index contributed by atoms with van der Waals surface area (Å²) in [5.41, 5.74) is 4.27. The summed E-state index contributed by atoms with van der Waals surface area (Å²) in [7, 11) is 0. The summed E-state index contributed by atoms with van der Waals surface area (Å²) in [5, 5.41) is 3.77. The number of benzene rings is 3.